The Balaban J connectivity index is 0.000000183. The number of carbonyl (C=O) groups is 2. The van der Waals surface area contributed by atoms with Gasteiger partial charge >= 0.3 is 11.9 Å². The maximum Gasteiger partial charge on any atom is 0.316 e. The zero-order valence-electron chi connectivity index (χ0n) is 18.4. The average molecular weight is 530 g/mol. The fourth-order valence-corrected chi connectivity index (χ4v) is 6.15. The lowest BCUT2D eigenvalue weighted by molar-refractivity contribution is -0.149. The Morgan fingerprint density at radius 1 is 0.903 bits per heavy atom. The first-order valence-electron chi connectivity index (χ1n) is 10.9. The zero-order chi connectivity index (χ0) is 22.5. The Kier molecular flexibility index (Phi) is 11.8. The average Bonchev–Trinajstić information content (AvgIpc) is 3.54. The summed E-state index contributed by atoms with van der Waals surface area (Å²) in [5, 5.41) is 8.20. The van der Waals surface area contributed by atoms with Crippen LogP contribution < -0.4 is 0 Å². The molecule has 4 rings (SSSR count). The number of hydrogen-bond donors (Lipinski definition) is 0. The molecule has 0 N–H and O–H groups in total. The smallest absolute Gasteiger partial charge is 0.316 e. The summed E-state index contributed by atoms with van der Waals surface area (Å²) < 4.78 is 10.8. The third-order valence-electron chi connectivity index (χ3n) is 5.98. The second-order valence-electron chi connectivity index (χ2n) is 7.95. The van der Waals surface area contributed by atoms with Gasteiger partial charge in [0.05, 0.1) is 25.6 Å². The maximum absolute atomic E-state index is 12.0. The van der Waals surface area contributed by atoms with Gasteiger partial charge in [0.25, 0.3) is 0 Å². The van der Waals surface area contributed by atoms with Crippen molar-refractivity contribution < 1.29 is 19.1 Å². The first-order valence-corrected chi connectivity index (χ1v) is 13.6. The summed E-state index contributed by atoms with van der Waals surface area (Å²) in [6.07, 6.45) is 11.1. The first-order chi connectivity index (χ1) is 15.0. The second kappa shape index (κ2) is 14.1. The Hall–Kier alpha value is -1.18. The van der Waals surface area contributed by atoms with E-state index in [4.69, 9.17) is 4.74 Å². The quantitative estimate of drug-likeness (QED) is 0.390. The predicted octanol–water partition coefficient (Wildman–Crippen LogP) is 7.37. The van der Waals surface area contributed by atoms with Crippen molar-refractivity contribution in [2.45, 2.75) is 69.6 Å². The summed E-state index contributed by atoms with van der Waals surface area (Å²) in [5.74, 6) is 0.138. The summed E-state index contributed by atoms with van der Waals surface area (Å²) >= 11 is 6.64. The third-order valence-corrected chi connectivity index (χ3v) is 8.15. The van der Waals surface area contributed by atoms with E-state index in [1.54, 1.807) is 22.7 Å². The van der Waals surface area contributed by atoms with Crippen molar-refractivity contribution in [3.05, 3.63) is 43.7 Å². The van der Waals surface area contributed by atoms with Crippen LogP contribution in [-0.4, -0.2) is 26.2 Å². The molecule has 2 aliphatic rings. The van der Waals surface area contributed by atoms with Gasteiger partial charge in [0, 0.05) is 9.85 Å². The van der Waals surface area contributed by atoms with Crippen LogP contribution in [0, 0.1) is 5.92 Å². The molecular weight excluding hydrogens is 496 g/mol. The summed E-state index contributed by atoms with van der Waals surface area (Å²) in [7, 11) is 2.96. The zero-order valence-corrected chi connectivity index (χ0v) is 21.7. The topological polar surface area (TPSA) is 52.6 Å². The second-order valence-corrected chi connectivity index (χ2v) is 10.4. The molecule has 172 valence electrons. The van der Waals surface area contributed by atoms with Gasteiger partial charge in [-0.2, -0.15) is 22.7 Å². The van der Waals surface area contributed by atoms with E-state index >= 15 is 0 Å². The molecule has 31 heavy (non-hydrogen) atoms. The Labute approximate surface area is 202 Å². The fraction of sp³-hybridized carbons (Fsp3) is 0.583. The van der Waals surface area contributed by atoms with E-state index in [1.807, 2.05) is 22.2 Å². The lowest BCUT2D eigenvalue weighted by Crippen LogP contribution is -2.38. The molecule has 2 aromatic heterocycles. The highest BCUT2D eigenvalue weighted by Gasteiger charge is 2.42. The number of carbonyl (C=O) groups excluding carboxylic acids is 2. The van der Waals surface area contributed by atoms with Crippen molar-refractivity contribution in [2.24, 2.45) is 5.92 Å². The van der Waals surface area contributed by atoms with Crippen molar-refractivity contribution in [1.82, 2.24) is 0 Å². The Morgan fingerprint density at radius 3 is 1.97 bits per heavy atom. The molecule has 2 aromatic rings. The molecule has 2 heterocycles. The number of methoxy groups -OCH3 is 2. The van der Waals surface area contributed by atoms with Crippen molar-refractivity contribution in [2.75, 3.05) is 14.2 Å². The van der Waals surface area contributed by atoms with Crippen molar-refractivity contribution in [3.63, 3.8) is 0 Å². The van der Waals surface area contributed by atoms with Crippen LogP contribution in [0.3, 0.4) is 0 Å². The van der Waals surface area contributed by atoms with Crippen molar-refractivity contribution in [3.8, 4) is 0 Å². The number of ether oxygens (including phenoxy) is 2. The van der Waals surface area contributed by atoms with Crippen LogP contribution >= 0.6 is 38.6 Å². The van der Waals surface area contributed by atoms with Gasteiger partial charge in [0.1, 0.15) is 0 Å². The van der Waals surface area contributed by atoms with Gasteiger partial charge in [0.15, 0.2) is 0 Å². The fourth-order valence-electron chi connectivity index (χ4n) is 4.25. The minimum Gasteiger partial charge on any atom is -0.469 e. The van der Waals surface area contributed by atoms with E-state index in [-0.39, 0.29) is 23.3 Å². The van der Waals surface area contributed by atoms with Crippen LogP contribution in [0.2, 0.25) is 0 Å². The van der Waals surface area contributed by atoms with Gasteiger partial charge < -0.3 is 9.47 Å². The summed E-state index contributed by atoms with van der Waals surface area (Å²) in [4.78, 5) is 22.9. The largest absolute Gasteiger partial charge is 0.469 e. The molecule has 0 amide bonds. The molecule has 0 spiro atoms. The van der Waals surface area contributed by atoms with Crippen LogP contribution in [-0.2, 0) is 24.5 Å². The highest BCUT2D eigenvalue weighted by molar-refractivity contribution is 9.10. The van der Waals surface area contributed by atoms with E-state index in [0.717, 1.165) is 44.1 Å². The van der Waals surface area contributed by atoms with Gasteiger partial charge in [-0.05, 0) is 75.4 Å². The lowest BCUT2D eigenvalue weighted by Gasteiger charge is -2.34. The molecule has 0 unspecified atom stereocenters. The van der Waals surface area contributed by atoms with Crippen molar-refractivity contribution >= 4 is 50.5 Å². The third kappa shape index (κ3) is 8.03. The molecule has 0 aliphatic heterocycles. The molecule has 0 saturated heterocycles. The predicted molar refractivity (Wildman–Crippen MR) is 132 cm³/mol. The van der Waals surface area contributed by atoms with Gasteiger partial charge in [-0.15, -0.1) is 0 Å². The van der Waals surface area contributed by atoms with Crippen LogP contribution in [0.25, 0.3) is 0 Å². The molecule has 0 aromatic carbocycles. The van der Waals surface area contributed by atoms with Gasteiger partial charge in [-0.25, -0.2) is 0 Å². The number of esters is 2. The molecule has 4 nitrogen and oxygen atoms in total. The molecule has 2 saturated carbocycles. The van der Waals surface area contributed by atoms with Gasteiger partial charge in [-0.1, -0.05) is 38.5 Å². The molecule has 7 heteroatoms. The Bertz CT molecular complexity index is 747. The minimum atomic E-state index is -0.340. The summed E-state index contributed by atoms with van der Waals surface area (Å²) in [5.41, 5.74) is 0.812. The molecule has 0 bridgehead atoms. The summed E-state index contributed by atoms with van der Waals surface area (Å²) in [6, 6.07) is 4.08. The monoisotopic (exact) mass is 528 g/mol. The van der Waals surface area contributed by atoms with E-state index in [2.05, 4.69) is 32.1 Å². The first kappa shape index (κ1) is 26.1. The number of hydrogen-bond acceptors (Lipinski definition) is 6. The molecule has 0 radical (unpaired) electrons. The highest BCUT2D eigenvalue weighted by atomic mass is 79.9. The van der Waals surface area contributed by atoms with Crippen LogP contribution in [0.4, 0.5) is 0 Å². The standard InChI is InChI=1S/C12H16O2S.C8H14O2.C4H3BrS/c1-14-11(13)12(6-3-2-4-7-12)10-5-8-15-9-10;1-10-8(9)7-5-3-2-4-6-7;5-4-1-2-6-3-4/h5,8-9H,2-4,6-7H2,1H3;7H,2-6H2,1H3;1-3H. The van der Waals surface area contributed by atoms with Crippen molar-refractivity contribution in [1.29, 1.82) is 0 Å². The molecule has 0 atom stereocenters. The van der Waals surface area contributed by atoms with E-state index in [9.17, 15) is 9.59 Å². The minimum absolute atomic E-state index is 0.0142. The SMILES string of the molecule is Brc1ccsc1.COC(=O)C1(c2ccsc2)CCCCC1.COC(=O)C1CCCCC1. The normalized spacial score (nSPS) is 17.9. The van der Waals surface area contributed by atoms with Crippen LogP contribution in [0.15, 0.2) is 38.1 Å². The number of halogens is 1. The summed E-state index contributed by atoms with van der Waals surface area (Å²) in [6.45, 7) is 0. The Morgan fingerprint density at radius 2 is 1.52 bits per heavy atom. The number of rotatable bonds is 3. The van der Waals surface area contributed by atoms with Gasteiger partial charge in [-0.3, -0.25) is 9.59 Å². The maximum atomic E-state index is 12.0. The lowest BCUT2D eigenvalue weighted by atomic mass is 9.70. The number of thiophene rings is 2. The van der Waals surface area contributed by atoms with Crippen LogP contribution in [0.5, 0.6) is 0 Å². The van der Waals surface area contributed by atoms with Gasteiger partial charge in [0.2, 0.25) is 0 Å². The van der Waals surface area contributed by atoms with Crippen LogP contribution in [0.1, 0.15) is 69.8 Å². The molecule has 2 fully saturated rings. The highest BCUT2D eigenvalue weighted by Crippen LogP contribution is 2.41. The van der Waals surface area contributed by atoms with E-state index < -0.39 is 0 Å². The van der Waals surface area contributed by atoms with E-state index in [1.165, 1.54) is 44.4 Å². The molecule has 2 aliphatic carbocycles. The van der Waals surface area contributed by atoms with E-state index in [0.29, 0.717) is 0 Å². The molecular formula is C24H33BrO4S2.